The number of piperidine rings is 1. The maximum absolute atomic E-state index is 11.3. The first-order valence-electron chi connectivity index (χ1n) is 6.82. The highest BCUT2D eigenvalue weighted by Gasteiger charge is 2.36. The normalized spacial score (nSPS) is 40.1. The number of hydrogen-bond acceptors (Lipinski definition) is 3. The van der Waals surface area contributed by atoms with Gasteiger partial charge in [0.25, 0.3) is 0 Å². The van der Waals surface area contributed by atoms with Gasteiger partial charge in [-0.25, -0.2) is 0 Å². The molecule has 2 fully saturated rings. The fourth-order valence-corrected chi connectivity index (χ4v) is 3.31. The van der Waals surface area contributed by atoms with Gasteiger partial charge < -0.3 is 10.8 Å². The molecule has 1 aliphatic heterocycles. The van der Waals surface area contributed by atoms with Gasteiger partial charge in [-0.1, -0.05) is 12.8 Å². The number of nitrogens with zero attached hydrogens (tertiary/aromatic N) is 1. The van der Waals surface area contributed by atoms with Crippen LogP contribution in [0.15, 0.2) is 0 Å². The minimum atomic E-state index is -0.224. The molecule has 4 heteroatoms. The van der Waals surface area contributed by atoms with Gasteiger partial charge in [0.05, 0.1) is 12.0 Å². The molecule has 1 aliphatic carbocycles. The Kier molecular flexibility index (Phi) is 4.05. The summed E-state index contributed by atoms with van der Waals surface area (Å²) in [6, 6.07) is 0.698. The lowest BCUT2D eigenvalue weighted by molar-refractivity contribution is -0.125. The maximum atomic E-state index is 11.3. The molecule has 0 aromatic rings. The summed E-state index contributed by atoms with van der Waals surface area (Å²) in [6.07, 6.45) is 5.95. The minimum absolute atomic E-state index is 0.0275. The van der Waals surface area contributed by atoms with E-state index < -0.39 is 0 Å². The van der Waals surface area contributed by atoms with Crippen LogP contribution in [0.25, 0.3) is 0 Å². The van der Waals surface area contributed by atoms with Crippen molar-refractivity contribution < 1.29 is 9.90 Å². The third-order valence-electron chi connectivity index (χ3n) is 4.45. The number of carbonyl (C=O) groups excluding carboxylic acids is 1. The molecule has 3 N–H and O–H groups in total. The second kappa shape index (κ2) is 5.36. The zero-order valence-electron chi connectivity index (χ0n) is 10.6. The molecule has 4 nitrogen and oxygen atoms in total. The molecule has 4 atom stereocenters. The van der Waals surface area contributed by atoms with Crippen LogP contribution in [0.3, 0.4) is 0 Å². The number of aliphatic hydroxyl groups excluding tert-OH is 1. The first kappa shape index (κ1) is 12.8. The molecule has 0 aromatic carbocycles. The molecule has 2 aliphatic rings. The third kappa shape index (κ3) is 2.80. The Morgan fingerprint density at radius 2 is 1.94 bits per heavy atom. The van der Waals surface area contributed by atoms with Crippen molar-refractivity contribution in [3.8, 4) is 0 Å². The van der Waals surface area contributed by atoms with Crippen molar-refractivity contribution in [2.24, 2.45) is 11.7 Å². The highest BCUT2D eigenvalue weighted by molar-refractivity contribution is 5.77. The van der Waals surface area contributed by atoms with Gasteiger partial charge in [0.1, 0.15) is 0 Å². The van der Waals surface area contributed by atoms with E-state index in [1.807, 2.05) is 0 Å². The zero-order chi connectivity index (χ0) is 12.4. The van der Waals surface area contributed by atoms with Gasteiger partial charge in [-0.15, -0.1) is 0 Å². The first-order valence-corrected chi connectivity index (χ1v) is 6.82. The standard InChI is InChI=1S/C13H24N2O2/c1-9-6-7-10(13(14)17)8-15(9)11-4-2-3-5-12(11)16/h9-12,16H,2-8H2,1H3,(H2,14,17)/t9?,10?,11-,12-/m0/s1. The van der Waals surface area contributed by atoms with Crippen LogP contribution in [0.4, 0.5) is 0 Å². The monoisotopic (exact) mass is 240 g/mol. The van der Waals surface area contributed by atoms with Crippen molar-refractivity contribution >= 4 is 5.91 Å². The summed E-state index contributed by atoms with van der Waals surface area (Å²) in [4.78, 5) is 13.6. The molecule has 98 valence electrons. The highest BCUT2D eigenvalue weighted by Crippen LogP contribution is 2.30. The van der Waals surface area contributed by atoms with Gasteiger partial charge in [0.15, 0.2) is 0 Å². The van der Waals surface area contributed by atoms with E-state index >= 15 is 0 Å². The number of amides is 1. The second-order valence-electron chi connectivity index (χ2n) is 5.64. The molecule has 2 rings (SSSR count). The lowest BCUT2D eigenvalue weighted by atomic mass is 9.85. The second-order valence-corrected chi connectivity index (χ2v) is 5.64. The van der Waals surface area contributed by atoms with E-state index in [9.17, 15) is 9.90 Å². The van der Waals surface area contributed by atoms with Gasteiger partial charge in [0, 0.05) is 18.6 Å². The average Bonchev–Trinajstić information content (AvgIpc) is 2.30. The smallest absolute Gasteiger partial charge is 0.221 e. The quantitative estimate of drug-likeness (QED) is 0.753. The van der Waals surface area contributed by atoms with E-state index in [-0.39, 0.29) is 24.0 Å². The molecule has 0 bridgehead atoms. The summed E-state index contributed by atoms with van der Waals surface area (Å²) in [5.74, 6) is -0.215. The average molecular weight is 240 g/mol. The molecular weight excluding hydrogens is 216 g/mol. The van der Waals surface area contributed by atoms with Crippen molar-refractivity contribution in [3.63, 3.8) is 0 Å². The van der Waals surface area contributed by atoms with Crippen LogP contribution in [0.1, 0.15) is 45.4 Å². The van der Waals surface area contributed by atoms with Crippen LogP contribution in [-0.4, -0.2) is 40.6 Å². The third-order valence-corrected chi connectivity index (χ3v) is 4.45. The molecule has 0 radical (unpaired) electrons. The highest BCUT2D eigenvalue weighted by atomic mass is 16.3. The molecule has 0 spiro atoms. The van der Waals surface area contributed by atoms with Crippen LogP contribution < -0.4 is 5.73 Å². The van der Waals surface area contributed by atoms with E-state index in [4.69, 9.17) is 5.73 Å². The van der Waals surface area contributed by atoms with Crippen LogP contribution in [-0.2, 0) is 4.79 Å². The Hall–Kier alpha value is -0.610. The summed E-state index contributed by atoms with van der Waals surface area (Å²) in [6.45, 7) is 2.93. The molecule has 17 heavy (non-hydrogen) atoms. The van der Waals surface area contributed by atoms with Crippen molar-refractivity contribution in [2.45, 2.75) is 63.6 Å². The number of aliphatic hydroxyl groups is 1. The van der Waals surface area contributed by atoms with Gasteiger partial charge in [-0.2, -0.15) is 0 Å². The Morgan fingerprint density at radius 3 is 2.59 bits per heavy atom. The molecule has 0 aromatic heterocycles. The van der Waals surface area contributed by atoms with Gasteiger partial charge in [-0.3, -0.25) is 9.69 Å². The number of likely N-dealkylation sites (tertiary alicyclic amines) is 1. The van der Waals surface area contributed by atoms with Crippen LogP contribution >= 0.6 is 0 Å². The van der Waals surface area contributed by atoms with E-state index in [0.29, 0.717) is 6.04 Å². The molecule has 1 saturated heterocycles. The van der Waals surface area contributed by atoms with Gasteiger partial charge >= 0.3 is 0 Å². The summed E-state index contributed by atoms with van der Waals surface area (Å²) < 4.78 is 0. The number of hydrogen-bond donors (Lipinski definition) is 2. The molecule has 1 saturated carbocycles. The van der Waals surface area contributed by atoms with Gasteiger partial charge in [-0.05, 0) is 32.6 Å². The predicted molar refractivity (Wildman–Crippen MR) is 66.3 cm³/mol. The minimum Gasteiger partial charge on any atom is -0.391 e. The Labute approximate surface area is 103 Å². The predicted octanol–water partition coefficient (Wildman–Crippen LogP) is 0.876. The topological polar surface area (TPSA) is 66.6 Å². The molecular formula is C13H24N2O2. The Balaban J connectivity index is 2.03. The first-order chi connectivity index (χ1) is 8.09. The Morgan fingerprint density at radius 1 is 1.24 bits per heavy atom. The fourth-order valence-electron chi connectivity index (χ4n) is 3.31. The van der Waals surface area contributed by atoms with E-state index in [0.717, 1.165) is 38.6 Å². The molecule has 2 unspecified atom stereocenters. The van der Waals surface area contributed by atoms with Crippen molar-refractivity contribution in [1.29, 1.82) is 0 Å². The van der Waals surface area contributed by atoms with Crippen molar-refractivity contribution in [2.75, 3.05) is 6.54 Å². The van der Waals surface area contributed by atoms with Crippen LogP contribution in [0, 0.1) is 5.92 Å². The Bertz CT molecular complexity index is 283. The summed E-state index contributed by atoms with van der Waals surface area (Å²) in [5, 5.41) is 10.1. The number of carbonyl (C=O) groups is 1. The van der Waals surface area contributed by atoms with Crippen LogP contribution in [0.2, 0.25) is 0 Å². The summed E-state index contributed by atoms with van der Waals surface area (Å²) >= 11 is 0. The largest absolute Gasteiger partial charge is 0.391 e. The zero-order valence-corrected chi connectivity index (χ0v) is 10.6. The lowest BCUT2D eigenvalue weighted by Crippen LogP contribution is -2.55. The summed E-state index contributed by atoms with van der Waals surface area (Å²) in [7, 11) is 0. The van der Waals surface area contributed by atoms with E-state index in [1.165, 1.54) is 6.42 Å². The number of nitrogens with two attached hydrogens (primary N) is 1. The SMILES string of the molecule is CC1CCC(C(N)=O)CN1[C@H]1CCCC[C@@H]1O. The van der Waals surface area contributed by atoms with E-state index in [1.54, 1.807) is 0 Å². The number of rotatable bonds is 2. The maximum Gasteiger partial charge on any atom is 0.221 e. The lowest BCUT2D eigenvalue weighted by Gasteiger charge is -2.45. The molecule has 1 amide bonds. The summed E-state index contributed by atoms with van der Waals surface area (Å²) in [5.41, 5.74) is 5.41. The van der Waals surface area contributed by atoms with E-state index in [2.05, 4.69) is 11.8 Å². The molecule has 1 heterocycles. The fraction of sp³-hybridized carbons (Fsp3) is 0.923. The van der Waals surface area contributed by atoms with Crippen molar-refractivity contribution in [1.82, 2.24) is 4.90 Å². The van der Waals surface area contributed by atoms with Crippen LogP contribution in [0.5, 0.6) is 0 Å². The van der Waals surface area contributed by atoms with Gasteiger partial charge in [0.2, 0.25) is 5.91 Å². The van der Waals surface area contributed by atoms with Crippen molar-refractivity contribution in [3.05, 3.63) is 0 Å². The number of primary amides is 1.